The molecule has 2 aliphatic heterocycles. The number of pyridine rings is 1. The molecular weight excluding hydrogens is 475 g/mol. The van der Waals surface area contributed by atoms with E-state index in [-0.39, 0.29) is 28.9 Å². The number of amides is 1. The van der Waals surface area contributed by atoms with Gasteiger partial charge < -0.3 is 14.5 Å². The number of nitrogens with one attached hydrogen (secondary N) is 1. The fourth-order valence-corrected chi connectivity index (χ4v) is 4.97. The van der Waals surface area contributed by atoms with Crippen molar-refractivity contribution in [2.45, 2.75) is 31.2 Å². The molecule has 1 amide bonds. The van der Waals surface area contributed by atoms with Gasteiger partial charge in [0.2, 0.25) is 0 Å². The van der Waals surface area contributed by atoms with Crippen LogP contribution >= 0.6 is 0 Å². The number of rotatable bonds is 5. The quantitative estimate of drug-likeness (QED) is 0.551. The maximum Gasteiger partial charge on any atom is 0.417 e. The fourth-order valence-electron chi connectivity index (χ4n) is 4.97. The molecule has 3 aromatic rings. The fraction of sp³-hybridized carbons (Fsp3) is 0.385. The summed E-state index contributed by atoms with van der Waals surface area (Å²) in [4.78, 5) is 31.8. The molecule has 0 spiro atoms. The number of methoxy groups -OCH3 is 1. The van der Waals surface area contributed by atoms with Crippen molar-refractivity contribution >= 4 is 22.6 Å². The summed E-state index contributed by atoms with van der Waals surface area (Å²) in [6.07, 6.45) is -3.21. The van der Waals surface area contributed by atoms with E-state index < -0.39 is 23.4 Å². The molecule has 0 radical (unpaired) electrons. The minimum atomic E-state index is -4.56. The van der Waals surface area contributed by atoms with Gasteiger partial charge in [0, 0.05) is 49.1 Å². The van der Waals surface area contributed by atoms with Crippen molar-refractivity contribution in [2.75, 3.05) is 38.2 Å². The summed E-state index contributed by atoms with van der Waals surface area (Å²) in [6.45, 7) is 2.72. The van der Waals surface area contributed by atoms with Gasteiger partial charge in [-0.05, 0) is 42.5 Å². The summed E-state index contributed by atoms with van der Waals surface area (Å²) in [7, 11) is 1.72. The highest BCUT2D eigenvalue weighted by Gasteiger charge is 2.35. The summed E-state index contributed by atoms with van der Waals surface area (Å²) >= 11 is 0. The number of carbonyl (C=O) groups excluding carboxylic acids is 1. The van der Waals surface area contributed by atoms with Gasteiger partial charge in [0.15, 0.2) is 0 Å². The number of halogens is 3. The lowest BCUT2D eigenvalue weighted by Gasteiger charge is -2.32. The van der Waals surface area contributed by atoms with Crippen LogP contribution in [-0.2, 0) is 15.7 Å². The Labute approximate surface area is 205 Å². The Morgan fingerprint density at radius 2 is 1.83 bits per heavy atom. The molecule has 0 unspecified atom stereocenters. The van der Waals surface area contributed by atoms with E-state index in [4.69, 9.17) is 9.47 Å². The molecule has 3 heterocycles. The molecular formula is C26H26F3N3O4. The molecule has 2 aromatic carbocycles. The van der Waals surface area contributed by atoms with Gasteiger partial charge in [0.05, 0.1) is 18.2 Å². The van der Waals surface area contributed by atoms with E-state index in [1.165, 1.54) is 29.2 Å². The van der Waals surface area contributed by atoms with Crippen molar-refractivity contribution in [2.24, 2.45) is 0 Å². The third-order valence-corrected chi connectivity index (χ3v) is 6.87. The molecule has 190 valence electrons. The number of nitrogens with zero attached hydrogens (tertiary/aromatic N) is 2. The number of alkyl halides is 3. The Bertz CT molecular complexity index is 1330. The molecule has 7 nitrogen and oxygen atoms in total. The molecule has 1 atom stereocenters. The minimum absolute atomic E-state index is 0.0751. The smallest absolute Gasteiger partial charge is 0.417 e. The van der Waals surface area contributed by atoms with Crippen LogP contribution in [0, 0.1) is 0 Å². The second-order valence-corrected chi connectivity index (χ2v) is 9.18. The Balaban J connectivity index is 1.37. The summed E-state index contributed by atoms with van der Waals surface area (Å²) < 4.78 is 51.4. The first-order valence-electron chi connectivity index (χ1n) is 11.8. The Hall–Kier alpha value is -3.37. The third kappa shape index (κ3) is 4.83. The second-order valence-electron chi connectivity index (χ2n) is 9.18. The van der Waals surface area contributed by atoms with Crippen molar-refractivity contribution in [3.63, 3.8) is 0 Å². The van der Waals surface area contributed by atoms with Crippen molar-refractivity contribution in [3.05, 3.63) is 64.4 Å². The highest BCUT2D eigenvalue weighted by Crippen LogP contribution is 2.36. The lowest BCUT2D eigenvalue weighted by Crippen LogP contribution is -2.41. The number of H-pyrrole nitrogens is 1. The van der Waals surface area contributed by atoms with Crippen LogP contribution in [0.1, 0.15) is 18.4 Å². The molecule has 2 saturated heterocycles. The van der Waals surface area contributed by atoms with E-state index >= 15 is 0 Å². The number of ether oxygens (including phenoxy) is 2. The van der Waals surface area contributed by atoms with Crippen LogP contribution in [0.2, 0.25) is 0 Å². The molecule has 1 N–H and O–H groups in total. The van der Waals surface area contributed by atoms with Crippen molar-refractivity contribution < 1.29 is 27.4 Å². The summed E-state index contributed by atoms with van der Waals surface area (Å²) in [6, 6.07) is 11.5. The van der Waals surface area contributed by atoms with E-state index in [1.807, 2.05) is 0 Å². The van der Waals surface area contributed by atoms with E-state index in [9.17, 15) is 22.8 Å². The number of benzene rings is 2. The largest absolute Gasteiger partial charge is 0.443 e. The number of piperidine rings is 1. The van der Waals surface area contributed by atoms with Crippen LogP contribution in [-0.4, -0.2) is 61.5 Å². The van der Waals surface area contributed by atoms with Gasteiger partial charge in [-0.2, -0.15) is 13.2 Å². The predicted molar refractivity (Wildman–Crippen MR) is 129 cm³/mol. The van der Waals surface area contributed by atoms with E-state index in [1.54, 1.807) is 25.3 Å². The van der Waals surface area contributed by atoms with Gasteiger partial charge in [0.1, 0.15) is 6.10 Å². The number of cyclic esters (lactones) is 1. The number of likely N-dealkylation sites (tertiary alicyclic amines) is 1. The van der Waals surface area contributed by atoms with Crippen LogP contribution in [0.25, 0.3) is 22.0 Å². The Kier molecular flexibility index (Phi) is 6.48. The number of fused-ring (bicyclic) bond motifs is 1. The number of aromatic nitrogens is 1. The summed E-state index contributed by atoms with van der Waals surface area (Å²) in [5.74, 6) is 0. The lowest BCUT2D eigenvalue weighted by molar-refractivity contribution is -0.137. The van der Waals surface area contributed by atoms with Crippen molar-refractivity contribution in [1.29, 1.82) is 0 Å². The maximum absolute atomic E-state index is 13.5. The molecule has 5 rings (SSSR count). The number of hydrogen-bond acceptors (Lipinski definition) is 5. The molecule has 0 saturated carbocycles. The average Bonchev–Trinajstić information content (AvgIpc) is 3.23. The first kappa shape index (κ1) is 24.3. The predicted octanol–water partition coefficient (Wildman–Crippen LogP) is 4.65. The normalized spacial score (nSPS) is 19.7. The molecule has 2 aliphatic rings. The maximum atomic E-state index is 13.5. The van der Waals surface area contributed by atoms with Crippen molar-refractivity contribution in [3.8, 4) is 11.3 Å². The number of carbonyl (C=O) groups is 1. The molecule has 36 heavy (non-hydrogen) atoms. The van der Waals surface area contributed by atoms with Gasteiger partial charge in [-0.1, -0.05) is 24.3 Å². The molecule has 1 aromatic heterocycles. The first-order chi connectivity index (χ1) is 17.2. The number of anilines is 1. The summed E-state index contributed by atoms with van der Waals surface area (Å²) in [5.41, 5.74) is -0.887. The minimum Gasteiger partial charge on any atom is -0.443 e. The molecule has 2 fully saturated rings. The van der Waals surface area contributed by atoms with E-state index in [2.05, 4.69) is 9.88 Å². The first-order valence-corrected chi connectivity index (χ1v) is 11.8. The lowest BCUT2D eigenvalue weighted by atomic mass is 10.0. The third-order valence-electron chi connectivity index (χ3n) is 6.87. The van der Waals surface area contributed by atoms with Crippen LogP contribution in [0.3, 0.4) is 0 Å². The zero-order valence-electron chi connectivity index (χ0n) is 19.7. The van der Waals surface area contributed by atoms with E-state index in [0.29, 0.717) is 24.2 Å². The topological polar surface area (TPSA) is 74.9 Å². The van der Waals surface area contributed by atoms with Crippen LogP contribution in [0.5, 0.6) is 0 Å². The zero-order chi connectivity index (χ0) is 25.4. The average molecular weight is 502 g/mol. The van der Waals surface area contributed by atoms with Gasteiger partial charge in [-0.3, -0.25) is 14.6 Å². The van der Waals surface area contributed by atoms with Crippen LogP contribution < -0.4 is 10.5 Å². The second kappa shape index (κ2) is 9.59. The molecule has 0 aliphatic carbocycles. The highest BCUT2D eigenvalue weighted by atomic mass is 19.4. The van der Waals surface area contributed by atoms with Crippen LogP contribution in [0.15, 0.2) is 53.3 Å². The SMILES string of the molecule is COC1CCN(C[C@H]2CN(c3ccc4cc(-c5ccccc5C(F)(F)F)[nH]c(=O)c4c3)C(=O)O2)CC1. The number of hydrogen-bond donors (Lipinski definition) is 1. The van der Waals surface area contributed by atoms with Crippen molar-refractivity contribution in [1.82, 2.24) is 9.88 Å². The Morgan fingerprint density at radius 1 is 1.08 bits per heavy atom. The van der Waals surface area contributed by atoms with Crippen LogP contribution in [0.4, 0.5) is 23.7 Å². The zero-order valence-corrected chi connectivity index (χ0v) is 19.7. The van der Waals surface area contributed by atoms with E-state index in [0.717, 1.165) is 32.0 Å². The van der Waals surface area contributed by atoms with Gasteiger partial charge in [0.25, 0.3) is 5.56 Å². The number of aromatic amines is 1. The molecule has 10 heteroatoms. The highest BCUT2D eigenvalue weighted by molar-refractivity contribution is 5.94. The standard InChI is InChI=1S/C26H26F3N3O4/c1-35-18-8-10-31(11-9-18)14-19-15-32(25(34)36-19)17-7-6-16-12-23(30-24(33)21(16)13-17)20-4-2-3-5-22(20)26(27,28)29/h2-7,12-13,18-19H,8-11,14-15H2,1H3,(H,30,33)/t19-/m0/s1. The Morgan fingerprint density at radius 3 is 2.56 bits per heavy atom. The summed E-state index contributed by atoms with van der Waals surface area (Å²) in [5, 5.41) is 0.748. The monoisotopic (exact) mass is 501 g/mol. The van der Waals surface area contributed by atoms with Gasteiger partial charge in [-0.25, -0.2) is 4.79 Å². The van der Waals surface area contributed by atoms with Gasteiger partial charge in [-0.15, -0.1) is 0 Å². The van der Waals surface area contributed by atoms with Gasteiger partial charge >= 0.3 is 12.3 Å². The molecule has 0 bridgehead atoms.